The highest BCUT2D eigenvalue weighted by molar-refractivity contribution is 8.04. The van der Waals surface area contributed by atoms with Crippen molar-refractivity contribution < 1.29 is 14.6 Å². The molecule has 0 bridgehead atoms. The van der Waals surface area contributed by atoms with Crippen molar-refractivity contribution in [3.63, 3.8) is 0 Å². The molecule has 4 heteroatoms. The number of thioether (sulfide) groups is 1. The van der Waals surface area contributed by atoms with Gasteiger partial charge in [-0.05, 0) is 19.8 Å². The lowest BCUT2D eigenvalue weighted by Crippen LogP contribution is -2.10. The predicted molar refractivity (Wildman–Crippen MR) is 75.4 cm³/mol. The summed E-state index contributed by atoms with van der Waals surface area (Å²) in [5, 5.41) is 9.51. The Morgan fingerprint density at radius 2 is 2.32 bits per heavy atom. The standard InChI is InChI=1S/C15H14O3S/c1-9-10-5-2-3-7-12(10)19-13-8-4-6-11(15(16)17)14(13)18-9/h2-3,5-7,12H,4,8H2,1H3,(H,16,17). The molecular formula is C15H14O3S. The van der Waals surface area contributed by atoms with Gasteiger partial charge in [0.1, 0.15) is 5.76 Å². The smallest absolute Gasteiger partial charge is 0.339 e. The third kappa shape index (κ3) is 2.16. The minimum absolute atomic E-state index is 0.227. The van der Waals surface area contributed by atoms with Gasteiger partial charge in [-0.2, -0.15) is 0 Å². The van der Waals surface area contributed by atoms with Gasteiger partial charge in [-0.25, -0.2) is 4.79 Å². The van der Waals surface area contributed by atoms with Crippen molar-refractivity contribution in [3.05, 3.63) is 57.9 Å². The monoisotopic (exact) mass is 274 g/mol. The molecular weight excluding hydrogens is 260 g/mol. The Labute approximate surface area is 116 Å². The maximum atomic E-state index is 11.3. The fourth-order valence-corrected chi connectivity index (χ4v) is 3.76. The number of carbonyl (C=O) groups is 1. The molecule has 0 radical (unpaired) electrons. The average molecular weight is 274 g/mol. The summed E-state index contributed by atoms with van der Waals surface area (Å²) in [7, 11) is 0. The van der Waals surface area contributed by atoms with Crippen LogP contribution in [0.15, 0.2) is 57.9 Å². The van der Waals surface area contributed by atoms with Gasteiger partial charge in [0.15, 0.2) is 5.76 Å². The fraction of sp³-hybridized carbons (Fsp3) is 0.267. The molecule has 98 valence electrons. The minimum atomic E-state index is -0.915. The summed E-state index contributed by atoms with van der Waals surface area (Å²) >= 11 is 1.70. The Kier molecular flexibility index (Phi) is 3.11. The molecule has 3 rings (SSSR count). The highest BCUT2D eigenvalue weighted by atomic mass is 32.2. The van der Waals surface area contributed by atoms with Crippen molar-refractivity contribution >= 4 is 17.7 Å². The molecule has 0 aromatic carbocycles. The molecule has 0 saturated carbocycles. The van der Waals surface area contributed by atoms with E-state index in [0.29, 0.717) is 11.3 Å². The Hall–Kier alpha value is -1.68. The third-order valence-electron chi connectivity index (χ3n) is 3.36. The summed E-state index contributed by atoms with van der Waals surface area (Å²) in [5.41, 5.74) is 1.41. The van der Waals surface area contributed by atoms with E-state index in [2.05, 4.69) is 6.08 Å². The van der Waals surface area contributed by atoms with Gasteiger partial charge in [-0.3, -0.25) is 0 Å². The number of allylic oxidation sites excluding steroid dienone is 6. The van der Waals surface area contributed by atoms with E-state index in [1.807, 2.05) is 25.2 Å². The van der Waals surface area contributed by atoms with Crippen LogP contribution in [0.1, 0.15) is 19.8 Å². The van der Waals surface area contributed by atoms with Crippen molar-refractivity contribution in [1.82, 2.24) is 0 Å². The fourth-order valence-electron chi connectivity index (χ4n) is 2.42. The molecule has 1 N–H and O–H groups in total. The Balaban J connectivity index is 2.05. The first kappa shape index (κ1) is 12.4. The number of carboxylic acid groups (broad SMARTS) is 1. The minimum Gasteiger partial charge on any atom is -0.478 e. The molecule has 0 aromatic heterocycles. The zero-order valence-electron chi connectivity index (χ0n) is 10.6. The molecule has 0 aromatic rings. The van der Waals surface area contributed by atoms with Gasteiger partial charge in [-0.1, -0.05) is 30.4 Å². The zero-order valence-corrected chi connectivity index (χ0v) is 11.4. The van der Waals surface area contributed by atoms with Crippen LogP contribution in [0.2, 0.25) is 0 Å². The molecule has 2 aliphatic carbocycles. The van der Waals surface area contributed by atoms with Gasteiger partial charge in [0.25, 0.3) is 0 Å². The van der Waals surface area contributed by atoms with Gasteiger partial charge >= 0.3 is 5.97 Å². The number of ether oxygens (including phenoxy) is 1. The second kappa shape index (κ2) is 4.78. The number of carboxylic acids is 1. The van der Waals surface area contributed by atoms with Gasteiger partial charge < -0.3 is 9.84 Å². The van der Waals surface area contributed by atoms with Crippen molar-refractivity contribution in [2.45, 2.75) is 25.0 Å². The summed E-state index contributed by atoms with van der Waals surface area (Å²) < 4.78 is 5.86. The van der Waals surface area contributed by atoms with Crippen molar-refractivity contribution in [2.75, 3.05) is 0 Å². The highest BCUT2D eigenvalue weighted by Crippen LogP contribution is 2.43. The second-order valence-corrected chi connectivity index (χ2v) is 5.85. The van der Waals surface area contributed by atoms with Gasteiger partial charge in [0.2, 0.25) is 0 Å². The Morgan fingerprint density at radius 1 is 1.47 bits per heavy atom. The second-order valence-electron chi connectivity index (χ2n) is 4.61. The number of hydrogen-bond donors (Lipinski definition) is 1. The van der Waals surface area contributed by atoms with Crippen LogP contribution in [0, 0.1) is 0 Å². The summed E-state index contributed by atoms with van der Waals surface area (Å²) in [5.74, 6) is 0.406. The lowest BCUT2D eigenvalue weighted by atomic mass is 10.0. The van der Waals surface area contributed by atoms with Crippen LogP contribution in [-0.4, -0.2) is 16.3 Å². The summed E-state index contributed by atoms with van der Waals surface area (Å²) in [4.78, 5) is 12.3. The molecule has 1 heterocycles. The lowest BCUT2D eigenvalue weighted by Gasteiger charge is -2.18. The van der Waals surface area contributed by atoms with Crippen molar-refractivity contribution in [3.8, 4) is 0 Å². The van der Waals surface area contributed by atoms with Crippen molar-refractivity contribution in [1.29, 1.82) is 0 Å². The maximum absolute atomic E-state index is 11.3. The molecule has 1 atom stereocenters. The van der Waals surface area contributed by atoms with Gasteiger partial charge in [0, 0.05) is 10.5 Å². The number of rotatable bonds is 1. The predicted octanol–water partition coefficient (Wildman–Crippen LogP) is 3.53. The first-order chi connectivity index (χ1) is 9.16. The van der Waals surface area contributed by atoms with E-state index in [0.717, 1.165) is 29.1 Å². The Bertz CT molecular complexity index is 591. The summed E-state index contributed by atoms with van der Waals surface area (Å²) in [6.07, 6.45) is 11.5. The molecule has 1 unspecified atom stereocenters. The number of hydrogen-bond acceptors (Lipinski definition) is 3. The summed E-state index contributed by atoms with van der Waals surface area (Å²) in [6, 6.07) is 0. The first-order valence-electron chi connectivity index (χ1n) is 6.24. The largest absolute Gasteiger partial charge is 0.478 e. The molecule has 0 amide bonds. The van der Waals surface area contributed by atoms with E-state index >= 15 is 0 Å². The molecule has 3 nitrogen and oxygen atoms in total. The number of aliphatic carboxylic acids is 1. The normalized spacial score (nSPS) is 25.3. The molecule has 1 aliphatic heterocycles. The van der Waals surface area contributed by atoms with E-state index in [1.54, 1.807) is 17.8 Å². The highest BCUT2D eigenvalue weighted by Gasteiger charge is 2.30. The lowest BCUT2D eigenvalue weighted by molar-refractivity contribution is -0.132. The van der Waals surface area contributed by atoms with E-state index in [1.165, 1.54) is 0 Å². The molecule has 0 spiro atoms. The van der Waals surface area contributed by atoms with E-state index in [-0.39, 0.29) is 5.25 Å². The van der Waals surface area contributed by atoms with Gasteiger partial charge in [0.05, 0.1) is 10.8 Å². The molecule has 0 saturated heterocycles. The van der Waals surface area contributed by atoms with Crippen LogP contribution < -0.4 is 0 Å². The topological polar surface area (TPSA) is 46.5 Å². The van der Waals surface area contributed by atoms with Crippen LogP contribution in [0.25, 0.3) is 0 Å². The quantitative estimate of drug-likeness (QED) is 0.794. The van der Waals surface area contributed by atoms with Crippen molar-refractivity contribution in [2.24, 2.45) is 0 Å². The van der Waals surface area contributed by atoms with Crippen LogP contribution in [0.5, 0.6) is 0 Å². The van der Waals surface area contributed by atoms with E-state index < -0.39 is 5.97 Å². The summed E-state index contributed by atoms with van der Waals surface area (Å²) in [6.45, 7) is 1.90. The SMILES string of the molecule is CC1=C2C=CC=CC2SC2=C(O1)C(C(=O)O)=CCC2. The molecule has 19 heavy (non-hydrogen) atoms. The average Bonchev–Trinajstić information content (AvgIpc) is 2.54. The van der Waals surface area contributed by atoms with Crippen LogP contribution in [0.4, 0.5) is 0 Å². The van der Waals surface area contributed by atoms with Crippen LogP contribution in [-0.2, 0) is 9.53 Å². The Morgan fingerprint density at radius 3 is 3.11 bits per heavy atom. The van der Waals surface area contributed by atoms with Crippen LogP contribution >= 0.6 is 11.8 Å². The zero-order chi connectivity index (χ0) is 13.4. The maximum Gasteiger partial charge on any atom is 0.339 e. The molecule has 0 fully saturated rings. The van der Waals surface area contributed by atoms with Gasteiger partial charge in [-0.15, -0.1) is 11.8 Å². The number of fused-ring (bicyclic) bond motifs is 1. The first-order valence-corrected chi connectivity index (χ1v) is 7.12. The molecule has 3 aliphatic rings. The van der Waals surface area contributed by atoms with E-state index in [4.69, 9.17) is 4.74 Å². The van der Waals surface area contributed by atoms with Crippen LogP contribution in [0.3, 0.4) is 0 Å². The van der Waals surface area contributed by atoms with E-state index in [9.17, 15) is 9.90 Å². The third-order valence-corrected chi connectivity index (χ3v) is 4.70.